The first-order chi connectivity index (χ1) is 10.6. The van der Waals surface area contributed by atoms with E-state index < -0.39 is 11.4 Å². The molecule has 7 nitrogen and oxygen atoms in total. The molecule has 120 valence electrons. The summed E-state index contributed by atoms with van der Waals surface area (Å²) in [5.41, 5.74) is 0.136. The van der Waals surface area contributed by atoms with Crippen LogP contribution in [0.3, 0.4) is 0 Å². The maximum atomic E-state index is 12.0. The first-order valence-electron chi connectivity index (χ1n) is 7.54. The Hall–Kier alpha value is -1.73. The lowest BCUT2D eigenvalue weighted by Crippen LogP contribution is -2.41. The third-order valence-electron chi connectivity index (χ3n) is 4.87. The Morgan fingerprint density at radius 3 is 2.82 bits per heavy atom. The number of ether oxygens (including phenoxy) is 1. The summed E-state index contributed by atoms with van der Waals surface area (Å²) in [6.45, 7) is 5.92. The van der Waals surface area contributed by atoms with Crippen molar-refractivity contribution in [3.63, 3.8) is 0 Å². The zero-order chi connectivity index (χ0) is 15.7. The van der Waals surface area contributed by atoms with Gasteiger partial charge in [0.25, 0.3) is 0 Å². The molecule has 7 heteroatoms. The molecule has 2 unspecified atom stereocenters. The summed E-state index contributed by atoms with van der Waals surface area (Å²) in [5, 5.41) is 9.83. The lowest BCUT2D eigenvalue weighted by Gasteiger charge is -2.26. The van der Waals surface area contributed by atoms with Gasteiger partial charge in [0, 0.05) is 58.1 Å². The second-order valence-corrected chi connectivity index (χ2v) is 6.23. The number of aliphatic carboxylic acids is 1. The summed E-state index contributed by atoms with van der Waals surface area (Å²) in [6, 6.07) is 0. The lowest BCUT2D eigenvalue weighted by molar-refractivity contribution is -0.148. The van der Waals surface area contributed by atoms with Gasteiger partial charge < -0.3 is 14.7 Å². The summed E-state index contributed by atoms with van der Waals surface area (Å²) in [7, 11) is 1.67. The van der Waals surface area contributed by atoms with E-state index in [9.17, 15) is 9.90 Å². The van der Waals surface area contributed by atoms with Crippen LogP contribution in [-0.2, 0) is 9.53 Å². The summed E-state index contributed by atoms with van der Waals surface area (Å²) in [6.07, 6.45) is 3.32. The van der Waals surface area contributed by atoms with Crippen molar-refractivity contribution < 1.29 is 14.6 Å². The lowest BCUT2D eigenvalue weighted by atomic mass is 9.81. The Morgan fingerprint density at radius 1 is 1.41 bits per heavy atom. The average Bonchev–Trinajstić information content (AvgIpc) is 3.00. The van der Waals surface area contributed by atoms with Gasteiger partial charge in [0.15, 0.2) is 0 Å². The molecule has 0 bridgehead atoms. The van der Waals surface area contributed by atoms with Gasteiger partial charge in [0.05, 0.1) is 12.3 Å². The van der Waals surface area contributed by atoms with E-state index in [1.165, 1.54) is 0 Å². The highest BCUT2D eigenvalue weighted by Gasteiger charge is 2.57. The van der Waals surface area contributed by atoms with Crippen molar-refractivity contribution >= 4 is 11.8 Å². The predicted molar refractivity (Wildman–Crippen MR) is 80.9 cm³/mol. The second kappa shape index (κ2) is 5.81. The topological polar surface area (TPSA) is 78.8 Å². The highest BCUT2D eigenvalue weighted by atomic mass is 16.5. The third kappa shape index (κ3) is 2.44. The van der Waals surface area contributed by atoms with Crippen LogP contribution < -0.4 is 4.90 Å². The zero-order valence-corrected chi connectivity index (χ0v) is 13.0. The molecule has 1 aromatic rings. The number of nitrogens with zero attached hydrogens (tertiary/aromatic N) is 4. The zero-order valence-electron chi connectivity index (χ0n) is 13.0. The highest BCUT2D eigenvalue weighted by molar-refractivity contribution is 5.78. The van der Waals surface area contributed by atoms with E-state index >= 15 is 0 Å². The molecule has 22 heavy (non-hydrogen) atoms. The number of fused-ring (bicyclic) bond motifs is 1. The Kier molecular flexibility index (Phi) is 4.01. The Morgan fingerprint density at radius 2 is 2.18 bits per heavy atom. The number of methoxy groups -OCH3 is 1. The fraction of sp³-hybridized carbons (Fsp3) is 0.667. The fourth-order valence-electron chi connectivity index (χ4n) is 3.73. The molecule has 0 radical (unpaired) electrons. The molecule has 2 fully saturated rings. The summed E-state index contributed by atoms with van der Waals surface area (Å²) >= 11 is 0. The second-order valence-electron chi connectivity index (χ2n) is 6.23. The van der Waals surface area contributed by atoms with Crippen LogP contribution in [0.4, 0.5) is 5.82 Å². The number of aromatic nitrogens is 2. The average molecular weight is 306 g/mol. The molecule has 1 aromatic heterocycles. The summed E-state index contributed by atoms with van der Waals surface area (Å²) < 4.78 is 5.11. The maximum Gasteiger partial charge on any atom is 0.313 e. The molecule has 1 N–H and O–H groups in total. The van der Waals surface area contributed by atoms with E-state index in [0.29, 0.717) is 19.7 Å². The van der Waals surface area contributed by atoms with E-state index in [-0.39, 0.29) is 5.92 Å². The Bertz CT molecular complexity index is 567. The molecule has 0 spiro atoms. The molecular weight excluding hydrogens is 284 g/mol. The molecule has 0 aliphatic carbocycles. The molecule has 2 saturated heterocycles. The number of carboxylic acids is 1. The maximum absolute atomic E-state index is 12.0. The standard InChI is InChI=1S/C15H22N4O3/c1-11-13(17-4-3-16-11)19-8-12-7-18(5-6-22-2)9-15(12,10-19)14(20)21/h3-4,12H,5-10H2,1-2H3,(H,20,21). The first-order valence-corrected chi connectivity index (χ1v) is 7.54. The Labute approximate surface area is 129 Å². The summed E-state index contributed by atoms with van der Waals surface area (Å²) in [4.78, 5) is 24.9. The molecular formula is C15H22N4O3. The first kappa shape index (κ1) is 15.2. The Balaban J connectivity index is 1.79. The van der Waals surface area contributed by atoms with Gasteiger partial charge >= 0.3 is 5.97 Å². The van der Waals surface area contributed by atoms with Gasteiger partial charge in [-0.1, -0.05) is 0 Å². The van der Waals surface area contributed by atoms with Crippen LogP contribution in [0.5, 0.6) is 0 Å². The molecule has 3 rings (SSSR count). The number of hydrogen-bond acceptors (Lipinski definition) is 6. The molecule has 2 atom stereocenters. The number of anilines is 1. The van der Waals surface area contributed by atoms with Crippen LogP contribution in [0.2, 0.25) is 0 Å². The van der Waals surface area contributed by atoms with Crippen LogP contribution in [0.25, 0.3) is 0 Å². The van der Waals surface area contributed by atoms with Gasteiger partial charge in [0.2, 0.25) is 0 Å². The van der Waals surface area contributed by atoms with E-state index in [0.717, 1.165) is 31.1 Å². The van der Waals surface area contributed by atoms with E-state index in [1.807, 2.05) is 6.92 Å². The van der Waals surface area contributed by atoms with Crippen LogP contribution >= 0.6 is 0 Å². The summed E-state index contributed by atoms with van der Waals surface area (Å²) in [5.74, 6) is 0.214. The largest absolute Gasteiger partial charge is 0.481 e. The van der Waals surface area contributed by atoms with E-state index in [1.54, 1.807) is 19.5 Å². The van der Waals surface area contributed by atoms with Crippen LogP contribution in [0.1, 0.15) is 5.69 Å². The van der Waals surface area contributed by atoms with Crippen LogP contribution in [-0.4, -0.2) is 72.4 Å². The smallest absolute Gasteiger partial charge is 0.313 e. The number of carboxylic acid groups (broad SMARTS) is 1. The number of carbonyl (C=O) groups is 1. The van der Waals surface area contributed by atoms with Crippen molar-refractivity contribution in [2.75, 3.05) is 51.3 Å². The fourth-order valence-corrected chi connectivity index (χ4v) is 3.73. The SMILES string of the molecule is COCCN1CC2CN(c3nccnc3C)CC2(C(=O)O)C1. The van der Waals surface area contributed by atoms with Crippen molar-refractivity contribution in [1.29, 1.82) is 0 Å². The predicted octanol–water partition coefficient (Wildman–Crippen LogP) is 0.254. The van der Waals surface area contributed by atoms with Gasteiger partial charge in [-0.3, -0.25) is 14.7 Å². The van der Waals surface area contributed by atoms with Crippen LogP contribution in [0, 0.1) is 18.3 Å². The molecule has 3 heterocycles. The number of hydrogen-bond donors (Lipinski definition) is 1. The van der Waals surface area contributed by atoms with Crippen molar-refractivity contribution in [3.05, 3.63) is 18.1 Å². The minimum atomic E-state index is -0.711. The van der Waals surface area contributed by atoms with Gasteiger partial charge in [-0.25, -0.2) is 4.98 Å². The highest BCUT2D eigenvalue weighted by Crippen LogP contribution is 2.44. The quantitative estimate of drug-likeness (QED) is 0.835. The van der Waals surface area contributed by atoms with Crippen molar-refractivity contribution in [2.45, 2.75) is 6.92 Å². The monoisotopic (exact) mass is 306 g/mol. The van der Waals surface area contributed by atoms with Gasteiger partial charge in [0.1, 0.15) is 11.2 Å². The van der Waals surface area contributed by atoms with Gasteiger partial charge in [-0.2, -0.15) is 0 Å². The minimum Gasteiger partial charge on any atom is -0.481 e. The van der Waals surface area contributed by atoms with Gasteiger partial charge in [-0.15, -0.1) is 0 Å². The minimum absolute atomic E-state index is 0.114. The number of aryl methyl sites for hydroxylation is 1. The van der Waals surface area contributed by atoms with Crippen molar-refractivity contribution in [3.8, 4) is 0 Å². The molecule has 2 aliphatic heterocycles. The van der Waals surface area contributed by atoms with Crippen LogP contribution in [0.15, 0.2) is 12.4 Å². The van der Waals surface area contributed by atoms with Gasteiger partial charge in [-0.05, 0) is 6.92 Å². The van der Waals surface area contributed by atoms with Crippen molar-refractivity contribution in [1.82, 2.24) is 14.9 Å². The molecule has 0 amide bonds. The van der Waals surface area contributed by atoms with E-state index in [2.05, 4.69) is 19.8 Å². The molecule has 2 aliphatic rings. The number of rotatable bonds is 5. The normalized spacial score (nSPS) is 28.1. The van der Waals surface area contributed by atoms with E-state index in [4.69, 9.17) is 4.74 Å². The molecule has 0 aromatic carbocycles. The third-order valence-corrected chi connectivity index (χ3v) is 4.87. The number of likely N-dealkylation sites (tertiary alicyclic amines) is 1. The molecule has 0 saturated carbocycles. The van der Waals surface area contributed by atoms with Crippen molar-refractivity contribution in [2.24, 2.45) is 11.3 Å².